The monoisotopic (exact) mass is 440 g/mol. The van der Waals surface area contributed by atoms with Crippen LogP contribution in [-0.2, 0) is 22.4 Å². The summed E-state index contributed by atoms with van der Waals surface area (Å²) in [5.74, 6) is 1.44. The first-order chi connectivity index (χ1) is 15.3. The van der Waals surface area contributed by atoms with Crippen molar-refractivity contribution >= 4 is 12.0 Å². The van der Waals surface area contributed by atoms with E-state index in [4.69, 9.17) is 14.2 Å². The summed E-state index contributed by atoms with van der Waals surface area (Å²) in [6.45, 7) is 6.25. The molecule has 0 aliphatic carbocycles. The van der Waals surface area contributed by atoms with Gasteiger partial charge in [0.2, 0.25) is 12.7 Å². The van der Waals surface area contributed by atoms with Crippen molar-refractivity contribution in [2.45, 2.75) is 58.1 Å². The van der Waals surface area contributed by atoms with Crippen LogP contribution in [0.2, 0.25) is 0 Å². The molecule has 2 aromatic rings. The summed E-state index contributed by atoms with van der Waals surface area (Å²) in [6.07, 6.45) is 1.69. The number of nitrogens with one attached hydrogen (secondary N) is 2. The number of rotatable bonds is 9. The lowest BCUT2D eigenvalue weighted by molar-refractivity contribution is -0.121. The van der Waals surface area contributed by atoms with Gasteiger partial charge < -0.3 is 24.8 Å². The maximum absolute atomic E-state index is 12.4. The minimum atomic E-state index is -0.576. The zero-order valence-corrected chi connectivity index (χ0v) is 19.0. The summed E-state index contributed by atoms with van der Waals surface area (Å²) < 4.78 is 16.1. The van der Waals surface area contributed by atoms with Crippen LogP contribution in [0.4, 0.5) is 4.79 Å². The molecule has 0 fully saturated rings. The summed E-state index contributed by atoms with van der Waals surface area (Å²) in [6, 6.07) is 15.5. The van der Waals surface area contributed by atoms with E-state index in [0.29, 0.717) is 32.2 Å². The standard InChI is InChI=1S/C25H32N2O5/c1-25(2,3)32-24(29)27-20(15-18-7-5-4-6-8-18)10-12-23(28)26-14-13-19-9-11-21-22(16-19)31-17-30-21/h4-9,11,16,20H,10,12-15,17H2,1-3H3,(H,26,28)(H,27,29). The number of ether oxygens (including phenoxy) is 3. The smallest absolute Gasteiger partial charge is 0.407 e. The summed E-state index contributed by atoms with van der Waals surface area (Å²) in [7, 11) is 0. The Morgan fingerprint density at radius 2 is 1.78 bits per heavy atom. The van der Waals surface area contributed by atoms with E-state index in [9.17, 15) is 9.59 Å². The maximum atomic E-state index is 12.4. The lowest BCUT2D eigenvalue weighted by Gasteiger charge is -2.24. The van der Waals surface area contributed by atoms with E-state index in [2.05, 4.69) is 10.6 Å². The zero-order valence-electron chi connectivity index (χ0n) is 19.0. The molecule has 0 saturated carbocycles. The highest BCUT2D eigenvalue weighted by atomic mass is 16.7. The average molecular weight is 441 g/mol. The Kier molecular flexibility index (Phi) is 7.98. The lowest BCUT2D eigenvalue weighted by Crippen LogP contribution is -2.41. The van der Waals surface area contributed by atoms with Crippen molar-refractivity contribution in [1.29, 1.82) is 0 Å². The van der Waals surface area contributed by atoms with E-state index in [-0.39, 0.29) is 18.7 Å². The first-order valence-electron chi connectivity index (χ1n) is 11.0. The van der Waals surface area contributed by atoms with E-state index in [1.165, 1.54) is 0 Å². The molecule has 0 bridgehead atoms. The van der Waals surface area contributed by atoms with Gasteiger partial charge in [-0.2, -0.15) is 0 Å². The second kappa shape index (κ2) is 10.9. The van der Waals surface area contributed by atoms with Crippen molar-refractivity contribution in [3.8, 4) is 11.5 Å². The van der Waals surface area contributed by atoms with Crippen molar-refractivity contribution in [1.82, 2.24) is 10.6 Å². The molecular formula is C25H32N2O5. The molecule has 1 aliphatic heterocycles. The molecule has 1 heterocycles. The number of carbonyl (C=O) groups excluding carboxylic acids is 2. The third-order valence-electron chi connectivity index (χ3n) is 4.94. The van der Waals surface area contributed by atoms with Crippen LogP contribution in [0.5, 0.6) is 11.5 Å². The van der Waals surface area contributed by atoms with Crippen LogP contribution < -0.4 is 20.1 Å². The van der Waals surface area contributed by atoms with Crippen molar-refractivity contribution in [3.63, 3.8) is 0 Å². The van der Waals surface area contributed by atoms with Crippen molar-refractivity contribution in [2.75, 3.05) is 13.3 Å². The molecule has 7 heteroatoms. The van der Waals surface area contributed by atoms with Crippen LogP contribution in [0.3, 0.4) is 0 Å². The minimum absolute atomic E-state index is 0.0465. The van der Waals surface area contributed by atoms with Gasteiger partial charge in [-0.1, -0.05) is 36.4 Å². The van der Waals surface area contributed by atoms with E-state index in [1.54, 1.807) is 0 Å². The fourth-order valence-corrected chi connectivity index (χ4v) is 3.43. The van der Waals surface area contributed by atoms with Gasteiger partial charge in [0, 0.05) is 19.0 Å². The van der Waals surface area contributed by atoms with E-state index in [1.807, 2.05) is 69.3 Å². The van der Waals surface area contributed by atoms with Gasteiger partial charge in [0.15, 0.2) is 11.5 Å². The summed E-state index contributed by atoms with van der Waals surface area (Å²) >= 11 is 0. The number of amides is 2. The highest BCUT2D eigenvalue weighted by Gasteiger charge is 2.20. The Morgan fingerprint density at radius 1 is 1.03 bits per heavy atom. The Morgan fingerprint density at radius 3 is 2.53 bits per heavy atom. The van der Waals surface area contributed by atoms with Gasteiger partial charge in [0.1, 0.15) is 5.60 Å². The highest BCUT2D eigenvalue weighted by molar-refractivity contribution is 5.76. The molecule has 32 heavy (non-hydrogen) atoms. The van der Waals surface area contributed by atoms with Crippen LogP contribution in [0.15, 0.2) is 48.5 Å². The van der Waals surface area contributed by atoms with Gasteiger partial charge in [0.05, 0.1) is 0 Å². The largest absolute Gasteiger partial charge is 0.454 e. The molecule has 0 radical (unpaired) electrons. The van der Waals surface area contributed by atoms with Gasteiger partial charge in [-0.15, -0.1) is 0 Å². The first kappa shape index (κ1) is 23.4. The van der Waals surface area contributed by atoms with Crippen molar-refractivity contribution < 1.29 is 23.8 Å². The molecule has 1 unspecified atom stereocenters. The second-order valence-electron chi connectivity index (χ2n) is 8.86. The Hall–Kier alpha value is -3.22. The number of hydrogen-bond acceptors (Lipinski definition) is 5. The quantitative estimate of drug-likeness (QED) is 0.616. The maximum Gasteiger partial charge on any atom is 0.407 e. The number of alkyl carbamates (subject to hydrolysis) is 1. The molecule has 0 spiro atoms. The van der Waals surface area contributed by atoms with E-state index >= 15 is 0 Å². The van der Waals surface area contributed by atoms with E-state index < -0.39 is 11.7 Å². The fraction of sp³-hybridized carbons (Fsp3) is 0.440. The molecule has 172 valence electrons. The minimum Gasteiger partial charge on any atom is -0.454 e. The van der Waals surface area contributed by atoms with Crippen LogP contribution in [0, 0.1) is 0 Å². The first-order valence-corrected chi connectivity index (χ1v) is 11.0. The Balaban J connectivity index is 1.46. The summed E-state index contributed by atoms with van der Waals surface area (Å²) in [5, 5.41) is 5.87. The molecule has 2 aromatic carbocycles. The van der Waals surface area contributed by atoms with Gasteiger partial charge in [-0.3, -0.25) is 4.79 Å². The molecule has 3 rings (SSSR count). The highest BCUT2D eigenvalue weighted by Crippen LogP contribution is 2.32. The van der Waals surface area contributed by atoms with Crippen molar-refractivity contribution in [2.24, 2.45) is 0 Å². The topological polar surface area (TPSA) is 85.9 Å². The molecule has 2 amide bonds. The SMILES string of the molecule is CC(C)(C)OC(=O)NC(CCC(=O)NCCc1ccc2c(c1)OCO2)Cc1ccccc1. The predicted molar refractivity (Wildman–Crippen MR) is 122 cm³/mol. The normalized spacial score (nSPS) is 13.3. The number of carbonyl (C=O) groups is 2. The van der Waals surface area contributed by atoms with Gasteiger partial charge >= 0.3 is 6.09 Å². The number of fused-ring (bicyclic) bond motifs is 1. The summed E-state index contributed by atoms with van der Waals surface area (Å²) in [5.41, 5.74) is 1.59. The number of hydrogen-bond donors (Lipinski definition) is 2. The van der Waals surface area contributed by atoms with Crippen LogP contribution in [0.25, 0.3) is 0 Å². The third kappa shape index (κ3) is 7.80. The Bertz CT molecular complexity index is 908. The predicted octanol–water partition coefficient (Wildman–Crippen LogP) is 3.99. The van der Waals surface area contributed by atoms with Crippen LogP contribution >= 0.6 is 0 Å². The van der Waals surface area contributed by atoms with Crippen molar-refractivity contribution in [3.05, 3.63) is 59.7 Å². The molecule has 2 N–H and O–H groups in total. The molecule has 7 nitrogen and oxygen atoms in total. The summed E-state index contributed by atoms with van der Waals surface area (Å²) in [4.78, 5) is 24.7. The van der Waals surface area contributed by atoms with Crippen LogP contribution in [-0.4, -0.2) is 37.0 Å². The second-order valence-corrected chi connectivity index (χ2v) is 8.86. The van der Waals surface area contributed by atoms with Gasteiger partial charge in [0.25, 0.3) is 0 Å². The van der Waals surface area contributed by atoms with E-state index in [0.717, 1.165) is 22.6 Å². The molecule has 1 aliphatic rings. The Labute approximate surface area is 189 Å². The zero-order chi connectivity index (χ0) is 23.0. The van der Waals surface area contributed by atoms with Gasteiger partial charge in [-0.05, 0) is 63.3 Å². The molecular weight excluding hydrogens is 408 g/mol. The number of benzene rings is 2. The van der Waals surface area contributed by atoms with Gasteiger partial charge in [-0.25, -0.2) is 4.79 Å². The lowest BCUT2D eigenvalue weighted by atomic mass is 10.0. The average Bonchev–Trinajstić information content (AvgIpc) is 3.19. The third-order valence-corrected chi connectivity index (χ3v) is 4.94. The molecule has 0 saturated heterocycles. The molecule has 1 atom stereocenters. The molecule has 0 aromatic heterocycles. The van der Waals surface area contributed by atoms with Crippen LogP contribution in [0.1, 0.15) is 44.7 Å². The fourth-order valence-electron chi connectivity index (χ4n) is 3.43.